The highest BCUT2D eigenvalue weighted by atomic mass is 19.4. The molecule has 1 N–H and O–H groups in total. The number of carbonyl (C=O) groups is 1. The maximum atomic E-state index is 12.6. The summed E-state index contributed by atoms with van der Waals surface area (Å²) >= 11 is 0. The minimum Gasteiger partial charge on any atom is -0.403 e. The lowest BCUT2D eigenvalue weighted by Crippen LogP contribution is -2.14. The number of benzene rings is 2. The Morgan fingerprint density at radius 2 is 1.46 bits per heavy atom. The Morgan fingerprint density at radius 3 is 2.00 bits per heavy atom. The molecule has 0 atom stereocenters. The van der Waals surface area contributed by atoms with Gasteiger partial charge in [-0.25, -0.2) is 0 Å². The average Bonchev–Trinajstić information content (AvgIpc) is 3.09. The molecule has 0 saturated carbocycles. The molecular weight excluding hydrogens is 371 g/mol. The number of amides is 1. The first-order valence-electron chi connectivity index (χ1n) is 8.47. The molecule has 1 heterocycles. The molecule has 1 aromatic heterocycles. The third-order valence-electron chi connectivity index (χ3n) is 4.12. The van der Waals surface area contributed by atoms with Crippen LogP contribution in [0.2, 0.25) is 0 Å². The summed E-state index contributed by atoms with van der Waals surface area (Å²) < 4.78 is 43.2. The normalized spacial score (nSPS) is 12.1. The predicted octanol–water partition coefficient (Wildman–Crippen LogP) is 5.31. The van der Waals surface area contributed by atoms with Crippen LogP contribution in [0.1, 0.15) is 42.3 Å². The third-order valence-corrected chi connectivity index (χ3v) is 4.12. The summed E-state index contributed by atoms with van der Waals surface area (Å²) in [4.78, 5) is 12.3. The number of aromatic nitrogens is 2. The standard InChI is InChI=1S/C20H18F3N3O2/c1-19(2,3)14-8-4-12(5-9-14)16(27)24-18-26-25-17(28-18)13-6-10-15(11-7-13)20(21,22)23/h4-11H,1-3H3,(H,24,26,27). The van der Waals surface area contributed by atoms with Crippen LogP contribution in [0, 0.1) is 0 Å². The van der Waals surface area contributed by atoms with Gasteiger partial charge in [0.05, 0.1) is 5.56 Å². The first-order chi connectivity index (χ1) is 13.0. The summed E-state index contributed by atoms with van der Waals surface area (Å²) in [6.45, 7) is 6.22. The molecule has 0 aliphatic carbocycles. The van der Waals surface area contributed by atoms with Crippen LogP contribution in [0.25, 0.3) is 11.5 Å². The monoisotopic (exact) mass is 389 g/mol. The molecule has 3 rings (SSSR count). The van der Waals surface area contributed by atoms with Crippen LogP contribution in [0.15, 0.2) is 52.9 Å². The average molecular weight is 389 g/mol. The zero-order valence-electron chi connectivity index (χ0n) is 15.5. The molecule has 0 aliphatic heterocycles. The van der Waals surface area contributed by atoms with Crippen molar-refractivity contribution < 1.29 is 22.4 Å². The van der Waals surface area contributed by atoms with Gasteiger partial charge in [0, 0.05) is 11.1 Å². The molecule has 3 aromatic rings. The molecule has 5 nitrogen and oxygen atoms in total. The fourth-order valence-corrected chi connectivity index (χ4v) is 2.48. The summed E-state index contributed by atoms with van der Waals surface area (Å²) in [5.41, 5.74) is 1.02. The van der Waals surface area contributed by atoms with Crippen LogP contribution in [0.3, 0.4) is 0 Å². The van der Waals surface area contributed by atoms with E-state index in [2.05, 4.69) is 36.3 Å². The quantitative estimate of drug-likeness (QED) is 0.660. The minimum atomic E-state index is -4.42. The Hall–Kier alpha value is -3.16. The lowest BCUT2D eigenvalue weighted by Gasteiger charge is -2.18. The second kappa shape index (κ2) is 7.10. The SMILES string of the molecule is CC(C)(C)c1ccc(C(=O)Nc2nnc(-c3ccc(C(F)(F)F)cc3)o2)cc1. The van der Waals surface area contributed by atoms with Gasteiger partial charge >= 0.3 is 12.2 Å². The van der Waals surface area contributed by atoms with Crippen LogP contribution in [-0.2, 0) is 11.6 Å². The second-order valence-corrected chi connectivity index (χ2v) is 7.27. The van der Waals surface area contributed by atoms with Gasteiger partial charge in [-0.2, -0.15) is 13.2 Å². The van der Waals surface area contributed by atoms with Gasteiger partial charge in [-0.15, -0.1) is 5.10 Å². The van der Waals surface area contributed by atoms with Crippen molar-refractivity contribution >= 4 is 11.9 Å². The van der Waals surface area contributed by atoms with Gasteiger partial charge in [0.1, 0.15) is 0 Å². The van der Waals surface area contributed by atoms with E-state index >= 15 is 0 Å². The van der Waals surface area contributed by atoms with Gasteiger partial charge in [-0.05, 0) is 47.4 Å². The molecule has 1 amide bonds. The molecule has 0 spiro atoms. The lowest BCUT2D eigenvalue weighted by molar-refractivity contribution is -0.137. The second-order valence-electron chi connectivity index (χ2n) is 7.27. The molecule has 0 unspecified atom stereocenters. The van der Waals surface area contributed by atoms with E-state index in [1.54, 1.807) is 12.1 Å². The van der Waals surface area contributed by atoms with Gasteiger partial charge in [0.15, 0.2) is 0 Å². The molecule has 0 saturated heterocycles. The Labute approximate surface area is 159 Å². The lowest BCUT2D eigenvalue weighted by atomic mass is 9.87. The molecular formula is C20H18F3N3O2. The molecule has 0 fully saturated rings. The summed E-state index contributed by atoms with van der Waals surface area (Å²) in [7, 11) is 0. The van der Waals surface area contributed by atoms with E-state index < -0.39 is 17.6 Å². The van der Waals surface area contributed by atoms with Crippen molar-refractivity contribution in [3.8, 4) is 11.5 Å². The van der Waals surface area contributed by atoms with Gasteiger partial charge in [0.25, 0.3) is 5.91 Å². The molecule has 0 bridgehead atoms. The topological polar surface area (TPSA) is 68.0 Å². The first-order valence-corrected chi connectivity index (χ1v) is 8.47. The van der Waals surface area contributed by atoms with Crippen molar-refractivity contribution in [1.29, 1.82) is 0 Å². The molecule has 28 heavy (non-hydrogen) atoms. The molecule has 0 radical (unpaired) electrons. The number of halogens is 3. The molecule has 8 heteroatoms. The smallest absolute Gasteiger partial charge is 0.403 e. The van der Waals surface area contributed by atoms with E-state index in [0.717, 1.165) is 17.7 Å². The highest BCUT2D eigenvalue weighted by molar-refractivity contribution is 6.03. The van der Waals surface area contributed by atoms with Crippen molar-refractivity contribution in [1.82, 2.24) is 10.2 Å². The number of anilines is 1. The van der Waals surface area contributed by atoms with Crippen molar-refractivity contribution in [2.24, 2.45) is 0 Å². The van der Waals surface area contributed by atoms with E-state index in [0.29, 0.717) is 11.1 Å². The third kappa shape index (κ3) is 4.39. The zero-order valence-corrected chi connectivity index (χ0v) is 15.5. The van der Waals surface area contributed by atoms with E-state index in [1.807, 2.05) is 12.1 Å². The maximum absolute atomic E-state index is 12.6. The summed E-state index contributed by atoms with van der Waals surface area (Å²) in [6.07, 6.45) is -4.42. The van der Waals surface area contributed by atoms with Crippen LogP contribution in [0.5, 0.6) is 0 Å². The molecule has 2 aromatic carbocycles. The van der Waals surface area contributed by atoms with Gasteiger partial charge in [0.2, 0.25) is 5.89 Å². The first kappa shape index (κ1) is 19.6. The summed E-state index contributed by atoms with van der Waals surface area (Å²) in [5.74, 6) is -0.421. The maximum Gasteiger partial charge on any atom is 0.416 e. The highest BCUT2D eigenvalue weighted by Gasteiger charge is 2.30. The van der Waals surface area contributed by atoms with Crippen LogP contribution in [0.4, 0.5) is 19.2 Å². The largest absolute Gasteiger partial charge is 0.416 e. The zero-order chi connectivity index (χ0) is 20.5. The fraction of sp³-hybridized carbons (Fsp3) is 0.250. The Balaban J connectivity index is 1.71. The summed E-state index contributed by atoms with van der Waals surface area (Å²) in [5, 5.41) is 9.96. The molecule has 0 aliphatic rings. The van der Waals surface area contributed by atoms with Crippen molar-refractivity contribution in [2.45, 2.75) is 32.4 Å². The van der Waals surface area contributed by atoms with E-state index in [-0.39, 0.29) is 17.3 Å². The predicted molar refractivity (Wildman–Crippen MR) is 97.8 cm³/mol. The Bertz CT molecular complexity index is 970. The van der Waals surface area contributed by atoms with Gasteiger partial charge in [-0.1, -0.05) is 38.0 Å². The highest BCUT2D eigenvalue weighted by Crippen LogP contribution is 2.31. The van der Waals surface area contributed by atoms with E-state index in [4.69, 9.17) is 4.42 Å². The van der Waals surface area contributed by atoms with Crippen molar-refractivity contribution in [3.63, 3.8) is 0 Å². The number of rotatable bonds is 3. The van der Waals surface area contributed by atoms with Crippen LogP contribution in [-0.4, -0.2) is 16.1 Å². The van der Waals surface area contributed by atoms with E-state index in [1.165, 1.54) is 12.1 Å². The van der Waals surface area contributed by atoms with Crippen LogP contribution < -0.4 is 5.32 Å². The summed E-state index contributed by atoms with van der Waals surface area (Å²) in [6, 6.07) is 11.3. The number of hydrogen-bond donors (Lipinski definition) is 1. The fourth-order valence-electron chi connectivity index (χ4n) is 2.48. The Kier molecular flexibility index (Phi) is 4.97. The van der Waals surface area contributed by atoms with E-state index in [9.17, 15) is 18.0 Å². The number of carbonyl (C=O) groups excluding carboxylic acids is 1. The number of alkyl halides is 3. The minimum absolute atomic E-state index is 0.00658. The van der Waals surface area contributed by atoms with Gasteiger partial charge in [-0.3, -0.25) is 10.1 Å². The number of hydrogen-bond acceptors (Lipinski definition) is 4. The van der Waals surface area contributed by atoms with Crippen molar-refractivity contribution in [3.05, 3.63) is 65.2 Å². The number of nitrogens with one attached hydrogen (secondary N) is 1. The van der Waals surface area contributed by atoms with Gasteiger partial charge < -0.3 is 4.42 Å². The number of nitrogens with zero attached hydrogens (tertiary/aromatic N) is 2. The van der Waals surface area contributed by atoms with Crippen LogP contribution >= 0.6 is 0 Å². The van der Waals surface area contributed by atoms with Crippen molar-refractivity contribution in [2.75, 3.05) is 5.32 Å². The molecule has 146 valence electrons. The Morgan fingerprint density at radius 1 is 0.893 bits per heavy atom.